The fourth-order valence-corrected chi connectivity index (χ4v) is 0.528. The SMILES string of the molecule is N=CN1C=CC=NC1O. The van der Waals surface area contributed by atoms with Crippen LogP contribution in [0.3, 0.4) is 0 Å². The number of nitrogens with one attached hydrogen (secondary N) is 1. The van der Waals surface area contributed by atoms with Gasteiger partial charge in [-0.2, -0.15) is 0 Å². The second kappa shape index (κ2) is 2.41. The molecule has 4 nitrogen and oxygen atoms in total. The van der Waals surface area contributed by atoms with E-state index >= 15 is 0 Å². The van der Waals surface area contributed by atoms with Crippen molar-refractivity contribution in [1.82, 2.24) is 4.90 Å². The lowest BCUT2D eigenvalue weighted by Crippen LogP contribution is -2.28. The smallest absolute Gasteiger partial charge is 0.229 e. The maximum Gasteiger partial charge on any atom is 0.229 e. The fourth-order valence-electron chi connectivity index (χ4n) is 0.528. The molecule has 1 aliphatic rings. The zero-order valence-electron chi connectivity index (χ0n) is 4.73. The van der Waals surface area contributed by atoms with Gasteiger partial charge in [-0.05, 0) is 6.08 Å². The molecule has 0 radical (unpaired) electrons. The van der Waals surface area contributed by atoms with Crippen LogP contribution in [0.4, 0.5) is 0 Å². The van der Waals surface area contributed by atoms with E-state index in [-0.39, 0.29) is 0 Å². The third-order valence-electron chi connectivity index (χ3n) is 0.979. The van der Waals surface area contributed by atoms with Gasteiger partial charge in [0, 0.05) is 12.4 Å². The highest BCUT2D eigenvalue weighted by atomic mass is 16.3. The zero-order chi connectivity index (χ0) is 6.69. The van der Waals surface area contributed by atoms with Gasteiger partial charge in [0.05, 0.1) is 6.34 Å². The summed E-state index contributed by atoms with van der Waals surface area (Å²) in [6.07, 6.45) is 4.82. The normalized spacial score (nSPS) is 24.6. The molecule has 0 aliphatic carbocycles. The zero-order valence-corrected chi connectivity index (χ0v) is 4.73. The molecule has 0 spiro atoms. The van der Waals surface area contributed by atoms with E-state index in [2.05, 4.69) is 4.99 Å². The van der Waals surface area contributed by atoms with Crippen molar-refractivity contribution in [2.75, 3.05) is 0 Å². The molecular weight excluding hydrogens is 118 g/mol. The van der Waals surface area contributed by atoms with Crippen LogP contribution in [-0.4, -0.2) is 28.9 Å². The highest BCUT2D eigenvalue weighted by Crippen LogP contribution is 1.98. The van der Waals surface area contributed by atoms with E-state index in [4.69, 9.17) is 10.5 Å². The first-order chi connectivity index (χ1) is 4.34. The van der Waals surface area contributed by atoms with Gasteiger partial charge in [0.1, 0.15) is 0 Å². The molecule has 0 aromatic rings. The standard InChI is InChI=1S/C5H7N3O/c6-4-8-3-1-2-7-5(8)9/h1-6,9H. The number of hydrogen-bond donors (Lipinski definition) is 2. The first-order valence-electron chi connectivity index (χ1n) is 2.50. The van der Waals surface area contributed by atoms with E-state index < -0.39 is 6.35 Å². The van der Waals surface area contributed by atoms with Gasteiger partial charge in [0.2, 0.25) is 6.35 Å². The van der Waals surface area contributed by atoms with Gasteiger partial charge in [-0.3, -0.25) is 10.3 Å². The van der Waals surface area contributed by atoms with Crippen LogP contribution in [-0.2, 0) is 0 Å². The molecule has 1 aliphatic heterocycles. The fraction of sp³-hybridized carbons (Fsp3) is 0.200. The minimum absolute atomic E-state index is 0.910. The first kappa shape index (κ1) is 5.97. The molecule has 0 aromatic carbocycles. The molecule has 0 amide bonds. The van der Waals surface area contributed by atoms with Gasteiger partial charge < -0.3 is 5.11 Å². The molecule has 0 saturated heterocycles. The Labute approximate surface area is 52.6 Å². The number of aliphatic imine (C=N–C) groups is 1. The van der Waals surface area contributed by atoms with Crippen molar-refractivity contribution < 1.29 is 5.11 Å². The molecule has 1 heterocycles. The second-order valence-corrected chi connectivity index (χ2v) is 1.56. The largest absolute Gasteiger partial charge is 0.355 e. The van der Waals surface area contributed by atoms with Crippen molar-refractivity contribution in [1.29, 1.82) is 5.41 Å². The summed E-state index contributed by atoms with van der Waals surface area (Å²) in [5.74, 6) is 0. The summed E-state index contributed by atoms with van der Waals surface area (Å²) < 4.78 is 0. The lowest BCUT2D eigenvalue weighted by molar-refractivity contribution is 0.0929. The Hall–Kier alpha value is -1.16. The average Bonchev–Trinajstić information content (AvgIpc) is 1.89. The number of rotatable bonds is 1. The molecule has 4 heteroatoms. The molecule has 9 heavy (non-hydrogen) atoms. The molecular formula is C5H7N3O. The molecule has 0 bridgehead atoms. The summed E-state index contributed by atoms with van der Waals surface area (Å²) in [5.41, 5.74) is 0. The van der Waals surface area contributed by atoms with E-state index in [1.165, 1.54) is 11.1 Å². The predicted molar refractivity (Wildman–Crippen MR) is 34.3 cm³/mol. The van der Waals surface area contributed by atoms with E-state index in [9.17, 15) is 0 Å². The third kappa shape index (κ3) is 1.14. The van der Waals surface area contributed by atoms with Crippen molar-refractivity contribution >= 4 is 12.6 Å². The molecule has 0 fully saturated rings. The van der Waals surface area contributed by atoms with Crippen LogP contribution in [0.2, 0.25) is 0 Å². The van der Waals surface area contributed by atoms with Gasteiger partial charge in [-0.25, -0.2) is 4.99 Å². The molecule has 1 atom stereocenters. The highest BCUT2D eigenvalue weighted by molar-refractivity contribution is 5.73. The minimum Gasteiger partial charge on any atom is -0.355 e. The summed E-state index contributed by atoms with van der Waals surface area (Å²) in [4.78, 5) is 4.88. The quantitative estimate of drug-likeness (QED) is 0.375. The van der Waals surface area contributed by atoms with Crippen molar-refractivity contribution in [3.63, 3.8) is 0 Å². The molecule has 48 valence electrons. The van der Waals surface area contributed by atoms with E-state index in [1.54, 1.807) is 12.3 Å². The summed E-state index contributed by atoms with van der Waals surface area (Å²) in [6.45, 7) is 0. The number of aliphatic hydroxyl groups is 1. The number of allylic oxidation sites excluding steroid dienone is 1. The Morgan fingerprint density at radius 3 is 3.00 bits per heavy atom. The van der Waals surface area contributed by atoms with E-state index in [0.29, 0.717) is 0 Å². The Morgan fingerprint density at radius 2 is 2.56 bits per heavy atom. The topological polar surface area (TPSA) is 59.7 Å². The molecule has 0 saturated carbocycles. The van der Waals surface area contributed by atoms with Crippen LogP contribution in [0.15, 0.2) is 17.3 Å². The van der Waals surface area contributed by atoms with Crippen LogP contribution in [0.5, 0.6) is 0 Å². The lowest BCUT2D eigenvalue weighted by atomic mass is 10.5. The number of nitrogens with zero attached hydrogens (tertiary/aromatic N) is 2. The predicted octanol–water partition coefficient (Wildman–Crippen LogP) is -0.231. The second-order valence-electron chi connectivity index (χ2n) is 1.56. The number of aliphatic hydroxyl groups excluding tert-OH is 1. The van der Waals surface area contributed by atoms with Crippen molar-refractivity contribution in [2.24, 2.45) is 4.99 Å². The summed E-state index contributed by atoms with van der Waals surface area (Å²) in [6, 6.07) is 0. The van der Waals surface area contributed by atoms with Crippen LogP contribution in [0, 0.1) is 5.41 Å². The van der Waals surface area contributed by atoms with Crippen LogP contribution < -0.4 is 0 Å². The Kier molecular flexibility index (Phi) is 1.60. The maximum atomic E-state index is 8.89. The first-order valence-corrected chi connectivity index (χ1v) is 2.50. The Balaban J connectivity index is 2.65. The van der Waals surface area contributed by atoms with Crippen molar-refractivity contribution in [3.05, 3.63) is 12.3 Å². The monoisotopic (exact) mass is 125 g/mol. The van der Waals surface area contributed by atoms with Crippen LogP contribution in [0.1, 0.15) is 0 Å². The Bertz CT molecular complexity index is 164. The number of hydrogen-bond acceptors (Lipinski definition) is 3. The molecule has 0 aromatic heterocycles. The minimum atomic E-state index is -0.910. The van der Waals surface area contributed by atoms with Gasteiger partial charge in [-0.15, -0.1) is 0 Å². The van der Waals surface area contributed by atoms with E-state index in [1.807, 2.05) is 0 Å². The van der Waals surface area contributed by atoms with Crippen LogP contribution >= 0.6 is 0 Å². The van der Waals surface area contributed by atoms with Gasteiger partial charge >= 0.3 is 0 Å². The summed E-state index contributed by atoms with van der Waals surface area (Å²) in [5, 5.41) is 15.6. The highest BCUT2D eigenvalue weighted by Gasteiger charge is 2.06. The molecule has 2 N–H and O–H groups in total. The molecule has 1 unspecified atom stereocenters. The van der Waals surface area contributed by atoms with Crippen molar-refractivity contribution in [2.45, 2.75) is 6.35 Å². The lowest BCUT2D eigenvalue weighted by Gasteiger charge is -2.18. The third-order valence-corrected chi connectivity index (χ3v) is 0.979. The van der Waals surface area contributed by atoms with Gasteiger partial charge in [0.15, 0.2) is 0 Å². The van der Waals surface area contributed by atoms with Crippen molar-refractivity contribution in [3.8, 4) is 0 Å². The summed E-state index contributed by atoms with van der Waals surface area (Å²) >= 11 is 0. The Morgan fingerprint density at radius 1 is 1.78 bits per heavy atom. The summed E-state index contributed by atoms with van der Waals surface area (Å²) in [7, 11) is 0. The van der Waals surface area contributed by atoms with Gasteiger partial charge in [-0.1, -0.05) is 0 Å². The average molecular weight is 125 g/mol. The van der Waals surface area contributed by atoms with Gasteiger partial charge in [0.25, 0.3) is 0 Å². The molecule has 1 rings (SSSR count). The van der Waals surface area contributed by atoms with E-state index in [0.717, 1.165) is 6.34 Å². The van der Waals surface area contributed by atoms with Crippen LogP contribution in [0.25, 0.3) is 0 Å². The maximum absolute atomic E-state index is 8.89.